The number of rotatable bonds is 4. The van der Waals surface area contributed by atoms with Crippen molar-refractivity contribution in [2.75, 3.05) is 0 Å². The van der Waals surface area contributed by atoms with Crippen molar-refractivity contribution in [1.82, 2.24) is 0 Å². The topological polar surface area (TPSA) is 78.9 Å². The maximum absolute atomic E-state index is 12.1. The molecule has 4 aromatic rings. The molecule has 2 aromatic carbocycles. The van der Waals surface area contributed by atoms with Crippen LogP contribution in [0.3, 0.4) is 0 Å². The minimum Gasteiger partial charge on any atom is -0.457 e. The molecule has 26 heavy (non-hydrogen) atoms. The fourth-order valence-electron chi connectivity index (χ4n) is 2.52. The lowest BCUT2D eigenvalue weighted by molar-refractivity contribution is 0.0693. The number of hydrogen-bond acceptors (Lipinski definition) is 6. The molecular formula is C20H12O6. The van der Waals surface area contributed by atoms with E-state index in [9.17, 15) is 9.59 Å². The van der Waals surface area contributed by atoms with Crippen LogP contribution in [0.25, 0.3) is 10.8 Å². The van der Waals surface area contributed by atoms with Crippen LogP contribution in [-0.2, 0) is 0 Å². The molecule has 0 aliphatic heterocycles. The molecule has 2 aromatic heterocycles. The van der Waals surface area contributed by atoms with E-state index >= 15 is 0 Å². The molecule has 0 amide bonds. The van der Waals surface area contributed by atoms with Gasteiger partial charge in [-0.25, -0.2) is 9.59 Å². The van der Waals surface area contributed by atoms with Gasteiger partial charge < -0.3 is 18.3 Å². The van der Waals surface area contributed by atoms with Crippen LogP contribution in [0, 0.1) is 0 Å². The summed E-state index contributed by atoms with van der Waals surface area (Å²) in [7, 11) is 0. The summed E-state index contributed by atoms with van der Waals surface area (Å²) in [6.07, 6.45) is 2.79. The second kappa shape index (κ2) is 6.60. The van der Waals surface area contributed by atoms with Crippen LogP contribution in [-0.4, -0.2) is 11.9 Å². The molecule has 0 unspecified atom stereocenters. The molecule has 128 valence electrons. The number of furan rings is 2. The second-order valence-corrected chi connectivity index (χ2v) is 5.34. The van der Waals surface area contributed by atoms with Gasteiger partial charge in [-0.3, -0.25) is 0 Å². The van der Waals surface area contributed by atoms with E-state index in [0.29, 0.717) is 22.3 Å². The Labute approximate surface area is 147 Å². The molecule has 0 N–H and O–H groups in total. The monoisotopic (exact) mass is 348 g/mol. The molecule has 0 saturated carbocycles. The lowest BCUT2D eigenvalue weighted by atomic mass is 10.1. The molecule has 0 spiro atoms. The summed E-state index contributed by atoms with van der Waals surface area (Å²) in [5, 5.41) is 1.24. The fraction of sp³-hybridized carbons (Fsp3) is 0. The van der Waals surface area contributed by atoms with E-state index in [1.54, 1.807) is 48.5 Å². The number of carbonyl (C=O) groups is 2. The number of esters is 2. The number of carbonyl (C=O) groups excluding carboxylic acids is 2. The summed E-state index contributed by atoms with van der Waals surface area (Å²) in [5.74, 6) is -0.356. The van der Waals surface area contributed by atoms with E-state index in [4.69, 9.17) is 18.3 Å². The van der Waals surface area contributed by atoms with E-state index in [1.165, 1.54) is 24.7 Å². The molecule has 4 rings (SSSR count). The van der Waals surface area contributed by atoms with Gasteiger partial charge >= 0.3 is 11.9 Å². The lowest BCUT2D eigenvalue weighted by Gasteiger charge is -2.10. The lowest BCUT2D eigenvalue weighted by Crippen LogP contribution is -2.08. The number of hydrogen-bond donors (Lipinski definition) is 0. The first-order chi connectivity index (χ1) is 12.7. The molecular weight excluding hydrogens is 336 g/mol. The van der Waals surface area contributed by atoms with Gasteiger partial charge in [0.05, 0.1) is 12.5 Å². The third kappa shape index (κ3) is 2.95. The van der Waals surface area contributed by atoms with Crippen molar-refractivity contribution in [3.05, 3.63) is 84.7 Å². The zero-order valence-electron chi connectivity index (χ0n) is 13.4. The molecule has 6 heteroatoms. The first-order valence-electron chi connectivity index (χ1n) is 7.75. The van der Waals surface area contributed by atoms with Crippen LogP contribution < -0.4 is 9.47 Å². The van der Waals surface area contributed by atoms with Gasteiger partial charge in [0.1, 0.15) is 11.5 Å². The van der Waals surface area contributed by atoms with Crippen molar-refractivity contribution < 1.29 is 27.9 Å². The average Bonchev–Trinajstić information content (AvgIpc) is 3.36. The van der Waals surface area contributed by atoms with Crippen LogP contribution in [0.4, 0.5) is 0 Å². The summed E-state index contributed by atoms with van der Waals surface area (Å²) < 4.78 is 20.9. The van der Waals surface area contributed by atoms with Crippen LogP contribution >= 0.6 is 0 Å². The standard InChI is InChI=1S/C20H12O6/c21-19(17-9-3-11-23-17)25-15-7-1-5-13-14(15)6-2-8-16(13)26-20(22)18-10-4-12-24-18/h1-12H. The Morgan fingerprint density at radius 3 is 1.46 bits per heavy atom. The highest BCUT2D eigenvalue weighted by atomic mass is 16.6. The Kier molecular flexibility index (Phi) is 3.99. The summed E-state index contributed by atoms with van der Waals surface area (Å²) in [6, 6.07) is 16.5. The van der Waals surface area contributed by atoms with Crippen LogP contribution in [0.1, 0.15) is 21.1 Å². The third-order valence-corrected chi connectivity index (χ3v) is 3.69. The van der Waals surface area contributed by atoms with Crippen molar-refractivity contribution >= 4 is 22.7 Å². The van der Waals surface area contributed by atoms with Gasteiger partial charge in [-0.05, 0) is 36.4 Å². The Balaban J connectivity index is 1.67. The SMILES string of the molecule is O=C(Oc1cccc2c(OC(=O)c3ccco3)cccc12)c1ccco1. The van der Waals surface area contributed by atoms with Crippen LogP contribution in [0.5, 0.6) is 11.5 Å². The van der Waals surface area contributed by atoms with E-state index in [2.05, 4.69) is 0 Å². The highest BCUT2D eigenvalue weighted by Crippen LogP contribution is 2.33. The number of fused-ring (bicyclic) bond motifs is 1. The maximum Gasteiger partial charge on any atom is 0.379 e. The molecule has 0 aliphatic rings. The predicted octanol–water partition coefficient (Wildman–Crippen LogP) is 4.46. The molecule has 2 heterocycles. The minimum absolute atomic E-state index is 0.0994. The smallest absolute Gasteiger partial charge is 0.379 e. The molecule has 0 saturated heterocycles. The first-order valence-corrected chi connectivity index (χ1v) is 7.75. The van der Waals surface area contributed by atoms with Gasteiger partial charge in [0.25, 0.3) is 0 Å². The zero-order valence-corrected chi connectivity index (χ0v) is 13.4. The van der Waals surface area contributed by atoms with E-state index < -0.39 is 11.9 Å². The Bertz CT molecular complexity index is 974. The van der Waals surface area contributed by atoms with Crippen molar-refractivity contribution in [3.63, 3.8) is 0 Å². The molecule has 0 atom stereocenters. The van der Waals surface area contributed by atoms with E-state index in [1.807, 2.05) is 0 Å². The molecule has 0 fully saturated rings. The van der Waals surface area contributed by atoms with Crippen molar-refractivity contribution in [2.24, 2.45) is 0 Å². The highest BCUT2D eigenvalue weighted by Gasteiger charge is 2.17. The fourth-order valence-corrected chi connectivity index (χ4v) is 2.52. The van der Waals surface area contributed by atoms with Crippen molar-refractivity contribution in [1.29, 1.82) is 0 Å². The van der Waals surface area contributed by atoms with Gasteiger partial charge in [-0.2, -0.15) is 0 Å². The first kappa shape index (κ1) is 15.7. The second-order valence-electron chi connectivity index (χ2n) is 5.34. The van der Waals surface area contributed by atoms with Gasteiger partial charge in [0.2, 0.25) is 11.5 Å². The van der Waals surface area contributed by atoms with E-state index in [-0.39, 0.29) is 11.5 Å². The van der Waals surface area contributed by atoms with Crippen LogP contribution in [0.2, 0.25) is 0 Å². The quantitative estimate of drug-likeness (QED) is 0.400. The molecule has 0 radical (unpaired) electrons. The minimum atomic E-state index is -0.611. The Hall–Kier alpha value is -3.80. The summed E-state index contributed by atoms with van der Waals surface area (Å²) in [5.41, 5.74) is 0. The summed E-state index contributed by atoms with van der Waals surface area (Å²) >= 11 is 0. The molecule has 6 nitrogen and oxygen atoms in total. The molecule has 0 aliphatic carbocycles. The van der Waals surface area contributed by atoms with Gasteiger partial charge in [-0.15, -0.1) is 0 Å². The van der Waals surface area contributed by atoms with Crippen molar-refractivity contribution in [3.8, 4) is 11.5 Å². The van der Waals surface area contributed by atoms with Gasteiger partial charge in [-0.1, -0.05) is 24.3 Å². The number of ether oxygens (including phenoxy) is 2. The van der Waals surface area contributed by atoms with Gasteiger partial charge in [0.15, 0.2) is 0 Å². The largest absolute Gasteiger partial charge is 0.457 e. The van der Waals surface area contributed by atoms with Crippen LogP contribution in [0.15, 0.2) is 82.0 Å². The Morgan fingerprint density at radius 2 is 1.08 bits per heavy atom. The van der Waals surface area contributed by atoms with Gasteiger partial charge in [0, 0.05) is 10.8 Å². The highest BCUT2D eigenvalue weighted by molar-refractivity contribution is 5.98. The van der Waals surface area contributed by atoms with Crippen molar-refractivity contribution in [2.45, 2.75) is 0 Å². The summed E-state index contributed by atoms with van der Waals surface area (Å²) in [4.78, 5) is 24.2. The third-order valence-electron chi connectivity index (χ3n) is 3.69. The van der Waals surface area contributed by atoms with E-state index in [0.717, 1.165) is 0 Å². The average molecular weight is 348 g/mol. The Morgan fingerprint density at radius 1 is 0.615 bits per heavy atom. The number of benzene rings is 2. The molecule has 0 bridgehead atoms. The normalized spacial score (nSPS) is 10.6. The predicted molar refractivity (Wildman–Crippen MR) is 91.3 cm³/mol. The zero-order chi connectivity index (χ0) is 17.9. The maximum atomic E-state index is 12.1. The summed E-state index contributed by atoms with van der Waals surface area (Å²) in [6.45, 7) is 0.